The first-order valence-corrected chi connectivity index (χ1v) is 6.99. The predicted molar refractivity (Wildman–Crippen MR) is 76.9 cm³/mol. The highest BCUT2D eigenvalue weighted by atomic mass is 16.5. The third kappa shape index (κ3) is 2.80. The average Bonchev–Trinajstić information content (AvgIpc) is 2.94. The molecule has 1 amide bonds. The highest BCUT2D eigenvalue weighted by Gasteiger charge is 2.28. The number of pyridine rings is 1. The predicted octanol–water partition coefficient (Wildman–Crippen LogP) is 1.64. The van der Waals surface area contributed by atoms with Crippen molar-refractivity contribution in [1.82, 2.24) is 19.9 Å². The number of ether oxygens (including phenoxy) is 1. The molecule has 1 fully saturated rings. The minimum absolute atomic E-state index is 0.0512. The highest BCUT2D eigenvalue weighted by molar-refractivity contribution is 5.93. The summed E-state index contributed by atoms with van der Waals surface area (Å²) < 4.78 is 5.72. The molecule has 6 nitrogen and oxygen atoms in total. The van der Waals surface area contributed by atoms with Gasteiger partial charge in [-0.15, -0.1) is 0 Å². The number of imidazole rings is 1. The zero-order valence-electron chi connectivity index (χ0n) is 12.2. The lowest BCUT2D eigenvalue weighted by Crippen LogP contribution is -2.43. The lowest BCUT2D eigenvalue weighted by atomic mass is 10.1. The molecular formula is C15H18N4O2. The van der Waals surface area contributed by atoms with Gasteiger partial charge < -0.3 is 14.6 Å². The minimum Gasteiger partial charge on any atom is -0.367 e. The summed E-state index contributed by atoms with van der Waals surface area (Å²) in [7, 11) is 0. The van der Waals surface area contributed by atoms with Crippen molar-refractivity contribution in [3.05, 3.63) is 47.3 Å². The van der Waals surface area contributed by atoms with E-state index in [1.807, 2.05) is 26.0 Å². The molecule has 0 aromatic carbocycles. The van der Waals surface area contributed by atoms with Crippen LogP contribution >= 0.6 is 0 Å². The molecule has 110 valence electrons. The molecule has 6 heteroatoms. The number of nitrogens with one attached hydrogen (secondary N) is 1. The topological polar surface area (TPSA) is 71.1 Å². The fourth-order valence-corrected chi connectivity index (χ4v) is 2.46. The molecule has 1 aliphatic rings. The van der Waals surface area contributed by atoms with Crippen molar-refractivity contribution >= 4 is 5.91 Å². The summed E-state index contributed by atoms with van der Waals surface area (Å²) in [6.45, 7) is 5.41. The maximum Gasteiger partial charge on any atom is 0.272 e. The molecule has 1 atom stereocenters. The van der Waals surface area contributed by atoms with Crippen LogP contribution in [0.1, 0.15) is 33.7 Å². The van der Waals surface area contributed by atoms with Crippen LogP contribution in [-0.4, -0.2) is 45.5 Å². The van der Waals surface area contributed by atoms with Gasteiger partial charge in [0, 0.05) is 24.6 Å². The van der Waals surface area contributed by atoms with Gasteiger partial charge in [0.2, 0.25) is 0 Å². The van der Waals surface area contributed by atoms with Crippen LogP contribution < -0.4 is 0 Å². The first-order chi connectivity index (χ1) is 10.1. The Morgan fingerprint density at radius 2 is 2.29 bits per heavy atom. The van der Waals surface area contributed by atoms with Crippen molar-refractivity contribution in [3.63, 3.8) is 0 Å². The Labute approximate surface area is 123 Å². The number of carbonyl (C=O) groups is 1. The molecule has 0 saturated carbocycles. The van der Waals surface area contributed by atoms with Gasteiger partial charge in [-0.25, -0.2) is 4.98 Å². The van der Waals surface area contributed by atoms with E-state index in [0.29, 0.717) is 25.4 Å². The Morgan fingerprint density at radius 3 is 3.00 bits per heavy atom. The monoisotopic (exact) mass is 286 g/mol. The summed E-state index contributed by atoms with van der Waals surface area (Å²) in [4.78, 5) is 26.0. The van der Waals surface area contributed by atoms with Gasteiger partial charge in [0.15, 0.2) is 0 Å². The van der Waals surface area contributed by atoms with Gasteiger partial charge in [0.25, 0.3) is 5.91 Å². The molecule has 0 bridgehead atoms. The van der Waals surface area contributed by atoms with E-state index < -0.39 is 0 Å². The van der Waals surface area contributed by atoms with Gasteiger partial charge in [0.05, 0.1) is 13.2 Å². The third-order valence-corrected chi connectivity index (χ3v) is 3.59. The number of morpholine rings is 1. The molecule has 1 aliphatic heterocycles. The van der Waals surface area contributed by atoms with Crippen LogP contribution in [0.5, 0.6) is 0 Å². The standard InChI is InChI=1S/C15H18N4O2/c1-10-4-3-5-16-13(10)15(20)19-6-7-21-12(9-19)14-17-8-11(2)18-14/h3-5,8,12H,6-7,9H2,1-2H3,(H,17,18)/t12-/m1/s1. The lowest BCUT2D eigenvalue weighted by Gasteiger charge is -2.32. The Bertz CT molecular complexity index is 653. The molecule has 3 rings (SSSR count). The van der Waals surface area contributed by atoms with E-state index in [1.165, 1.54) is 0 Å². The third-order valence-electron chi connectivity index (χ3n) is 3.59. The Kier molecular flexibility index (Phi) is 3.70. The molecule has 3 heterocycles. The van der Waals surface area contributed by atoms with Crippen LogP contribution in [0, 0.1) is 13.8 Å². The number of hydrogen-bond donors (Lipinski definition) is 1. The molecule has 2 aromatic rings. The molecule has 1 N–H and O–H groups in total. The largest absolute Gasteiger partial charge is 0.367 e. The second kappa shape index (κ2) is 5.65. The quantitative estimate of drug-likeness (QED) is 0.911. The van der Waals surface area contributed by atoms with Crippen LogP contribution in [0.25, 0.3) is 0 Å². The molecule has 0 radical (unpaired) electrons. The average molecular weight is 286 g/mol. The zero-order chi connectivity index (χ0) is 14.8. The van der Waals surface area contributed by atoms with Crippen LogP contribution in [0.3, 0.4) is 0 Å². The maximum absolute atomic E-state index is 12.6. The molecule has 0 unspecified atom stereocenters. The van der Waals surface area contributed by atoms with E-state index in [4.69, 9.17) is 4.74 Å². The molecule has 0 spiro atoms. The van der Waals surface area contributed by atoms with Gasteiger partial charge in [-0.05, 0) is 25.5 Å². The summed E-state index contributed by atoms with van der Waals surface area (Å²) in [5.74, 6) is 0.715. The number of hydrogen-bond acceptors (Lipinski definition) is 4. The molecule has 1 saturated heterocycles. The molecular weight excluding hydrogens is 268 g/mol. The summed E-state index contributed by atoms with van der Waals surface area (Å²) in [5.41, 5.74) is 2.38. The molecule has 2 aromatic heterocycles. The Morgan fingerprint density at radius 1 is 1.43 bits per heavy atom. The number of nitrogens with zero attached hydrogens (tertiary/aromatic N) is 3. The van der Waals surface area contributed by atoms with Crippen molar-refractivity contribution in [2.45, 2.75) is 20.0 Å². The molecule has 21 heavy (non-hydrogen) atoms. The normalized spacial score (nSPS) is 18.8. The maximum atomic E-state index is 12.6. The van der Waals surface area contributed by atoms with Crippen LogP contribution in [0.4, 0.5) is 0 Å². The fourth-order valence-electron chi connectivity index (χ4n) is 2.46. The number of rotatable bonds is 2. The fraction of sp³-hybridized carbons (Fsp3) is 0.400. The molecule has 0 aliphatic carbocycles. The SMILES string of the molecule is Cc1cnc([C@H]2CN(C(=O)c3ncccc3C)CCO2)[nH]1. The summed E-state index contributed by atoms with van der Waals surface area (Å²) in [5, 5.41) is 0. The number of aromatic nitrogens is 3. The first-order valence-electron chi connectivity index (χ1n) is 6.99. The van der Waals surface area contributed by atoms with Crippen LogP contribution in [0.15, 0.2) is 24.5 Å². The van der Waals surface area contributed by atoms with E-state index in [1.54, 1.807) is 17.3 Å². The lowest BCUT2D eigenvalue weighted by molar-refractivity contribution is -0.0266. The summed E-state index contributed by atoms with van der Waals surface area (Å²) in [6, 6.07) is 3.73. The van der Waals surface area contributed by atoms with Crippen molar-refractivity contribution in [2.75, 3.05) is 19.7 Å². The van der Waals surface area contributed by atoms with Crippen molar-refractivity contribution < 1.29 is 9.53 Å². The summed E-state index contributed by atoms with van der Waals surface area (Å²) >= 11 is 0. The number of H-pyrrole nitrogens is 1. The second-order valence-corrected chi connectivity index (χ2v) is 5.23. The van der Waals surface area contributed by atoms with E-state index in [9.17, 15) is 4.79 Å². The number of aromatic amines is 1. The van der Waals surface area contributed by atoms with Gasteiger partial charge in [0.1, 0.15) is 17.6 Å². The van der Waals surface area contributed by atoms with Gasteiger partial charge in [-0.2, -0.15) is 0 Å². The van der Waals surface area contributed by atoms with Crippen molar-refractivity contribution in [1.29, 1.82) is 0 Å². The van der Waals surface area contributed by atoms with Gasteiger partial charge >= 0.3 is 0 Å². The van der Waals surface area contributed by atoms with Gasteiger partial charge in [-0.1, -0.05) is 6.07 Å². The summed E-state index contributed by atoms with van der Waals surface area (Å²) in [6.07, 6.45) is 3.21. The van der Waals surface area contributed by atoms with Crippen LogP contribution in [0.2, 0.25) is 0 Å². The van der Waals surface area contributed by atoms with E-state index in [-0.39, 0.29) is 12.0 Å². The zero-order valence-corrected chi connectivity index (χ0v) is 12.2. The van der Waals surface area contributed by atoms with Crippen molar-refractivity contribution in [2.24, 2.45) is 0 Å². The Hall–Kier alpha value is -2.21. The number of amides is 1. The number of aryl methyl sites for hydroxylation is 2. The smallest absolute Gasteiger partial charge is 0.272 e. The van der Waals surface area contributed by atoms with E-state index in [2.05, 4.69) is 15.0 Å². The van der Waals surface area contributed by atoms with Crippen molar-refractivity contribution in [3.8, 4) is 0 Å². The minimum atomic E-state index is -0.208. The van der Waals surface area contributed by atoms with E-state index in [0.717, 1.165) is 17.1 Å². The first kappa shape index (κ1) is 13.8. The van der Waals surface area contributed by atoms with Gasteiger partial charge in [-0.3, -0.25) is 9.78 Å². The Balaban J connectivity index is 1.77. The highest BCUT2D eigenvalue weighted by Crippen LogP contribution is 2.21. The van der Waals surface area contributed by atoms with E-state index >= 15 is 0 Å². The second-order valence-electron chi connectivity index (χ2n) is 5.23. The number of carbonyl (C=O) groups excluding carboxylic acids is 1. The van der Waals surface area contributed by atoms with Crippen LogP contribution in [-0.2, 0) is 4.74 Å².